The lowest BCUT2D eigenvalue weighted by atomic mass is 10.1. The molecular weight excluding hydrogens is 340 g/mol. The highest BCUT2D eigenvalue weighted by Gasteiger charge is 2.19. The van der Waals surface area contributed by atoms with Crippen LogP contribution in [0.2, 0.25) is 0 Å². The van der Waals surface area contributed by atoms with E-state index in [9.17, 15) is 23.1 Å². The Hall–Kier alpha value is -1.58. The number of carbonyl (C=O) groups is 2. The molecule has 0 aliphatic heterocycles. The van der Waals surface area contributed by atoms with Gasteiger partial charge in [0.2, 0.25) is 10.0 Å². The number of hydrogen-bond acceptors (Lipinski definition) is 6. The van der Waals surface area contributed by atoms with Crippen molar-refractivity contribution in [2.75, 3.05) is 26.1 Å². The molecule has 1 amide bonds. The van der Waals surface area contributed by atoms with Gasteiger partial charge in [0.1, 0.15) is 0 Å². The van der Waals surface area contributed by atoms with Crippen LogP contribution in [0.5, 0.6) is 0 Å². The number of carboxylic acids is 1. The lowest BCUT2D eigenvalue weighted by Crippen LogP contribution is -2.48. The van der Waals surface area contributed by atoms with Crippen molar-refractivity contribution in [1.29, 1.82) is 0 Å². The highest BCUT2D eigenvalue weighted by molar-refractivity contribution is 7.98. The van der Waals surface area contributed by atoms with Crippen molar-refractivity contribution >= 4 is 33.7 Å². The van der Waals surface area contributed by atoms with Crippen LogP contribution in [-0.2, 0) is 14.8 Å². The van der Waals surface area contributed by atoms with Crippen molar-refractivity contribution in [3.8, 4) is 0 Å². The summed E-state index contributed by atoms with van der Waals surface area (Å²) in [6.07, 6.45) is 2.08. The SMILES string of the molecule is CSCC[C@H](NC(=O)c1ccc(S(=O)(=O)N(C)C)cc1)C(=O)[O-]. The first-order valence-electron chi connectivity index (χ1n) is 6.73. The number of amides is 1. The van der Waals surface area contributed by atoms with Crippen molar-refractivity contribution in [2.24, 2.45) is 0 Å². The average Bonchev–Trinajstić information content (AvgIpc) is 2.50. The molecule has 0 aliphatic carbocycles. The number of sulfonamides is 1. The zero-order chi connectivity index (χ0) is 17.6. The summed E-state index contributed by atoms with van der Waals surface area (Å²) in [5.41, 5.74) is 0.179. The van der Waals surface area contributed by atoms with E-state index in [1.54, 1.807) is 0 Å². The van der Waals surface area contributed by atoms with E-state index in [1.165, 1.54) is 50.1 Å². The number of carboxylic acid groups (broad SMARTS) is 1. The molecule has 0 spiro atoms. The van der Waals surface area contributed by atoms with Gasteiger partial charge in [-0.3, -0.25) is 4.79 Å². The predicted octanol–water partition coefficient (Wildman–Crippen LogP) is -0.462. The number of thioether (sulfide) groups is 1. The van der Waals surface area contributed by atoms with Gasteiger partial charge in [-0.1, -0.05) is 0 Å². The van der Waals surface area contributed by atoms with Gasteiger partial charge in [-0.05, 0) is 42.7 Å². The Morgan fingerprint density at radius 3 is 2.26 bits per heavy atom. The van der Waals surface area contributed by atoms with Gasteiger partial charge < -0.3 is 15.2 Å². The maximum Gasteiger partial charge on any atom is 0.251 e. The van der Waals surface area contributed by atoms with Gasteiger partial charge in [-0.2, -0.15) is 11.8 Å². The lowest BCUT2D eigenvalue weighted by Gasteiger charge is -2.19. The van der Waals surface area contributed by atoms with Crippen LogP contribution in [0.4, 0.5) is 0 Å². The Bertz CT molecular complexity index is 656. The topological polar surface area (TPSA) is 107 Å². The molecule has 1 aromatic rings. The molecule has 128 valence electrons. The molecule has 23 heavy (non-hydrogen) atoms. The van der Waals surface area contributed by atoms with E-state index in [0.29, 0.717) is 5.75 Å². The third-order valence-electron chi connectivity index (χ3n) is 3.10. The highest BCUT2D eigenvalue weighted by atomic mass is 32.2. The fourth-order valence-electron chi connectivity index (χ4n) is 1.72. The molecule has 1 atom stereocenters. The quantitative estimate of drug-likeness (QED) is 0.673. The van der Waals surface area contributed by atoms with Crippen molar-refractivity contribution in [1.82, 2.24) is 9.62 Å². The van der Waals surface area contributed by atoms with Crippen LogP contribution in [0.15, 0.2) is 29.2 Å². The first kappa shape index (κ1) is 19.5. The summed E-state index contributed by atoms with van der Waals surface area (Å²) < 4.78 is 24.9. The van der Waals surface area contributed by atoms with Gasteiger partial charge in [-0.15, -0.1) is 0 Å². The smallest absolute Gasteiger partial charge is 0.251 e. The summed E-state index contributed by atoms with van der Waals surface area (Å²) in [5.74, 6) is -1.37. The number of benzene rings is 1. The maximum absolute atomic E-state index is 12.0. The average molecular weight is 359 g/mol. The van der Waals surface area contributed by atoms with Crippen LogP contribution < -0.4 is 10.4 Å². The van der Waals surface area contributed by atoms with Crippen molar-refractivity contribution in [3.63, 3.8) is 0 Å². The Labute approximate surface area is 140 Å². The lowest BCUT2D eigenvalue weighted by molar-refractivity contribution is -0.308. The van der Waals surface area contributed by atoms with Crippen LogP contribution in [-0.4, -0.2) is 56.7 Å². The third kappa shape index (κ3) is 5.22. The Kier molecular flexibility index (Phi) is 7.04. The van der Waals surface area contributed by atoms with E-state index < -0.39 is 27.9 Å². The minimum Gasteiger partial charge on any atom is -0.548 e. The Morgan fingerprint density at radius 1 is 1.26 bits per heavy atom. The minimum absolute atomic E-state index is 0.0536. The second kappa shape index (κ2) is 8.32. The number of nitrogens with zero attached hydrogens (tertiary/aromatic N) is 1. The molecule has 7 nitrogen and oxygen atoms in total. The van der Waals surface area contributed by atoms with Crippen LogP contribution in [0.25, 0.3) is 0 Å². The van der Waals surface area contributed by atoms with Crippen LogP contribution in [0.3, 0.4) is 0 Å². The van der Waals surface area contributed by atoms with Crippen molar-refractivity contribution in [2.45, 2.75) is 17.4 Å². The fourth-order valence-corrected chi connectivity index (χ4v) is 3.09. The van der Waals surface area contributed by atoms with Gasteiger partial charge in [0, 0.05) is 19.7 Å². The van der Waals surface area contributed by atoms with Crippen LogP contribution in [0, 0.1) is 0 Å². The van der Waals surface area contributed by atoms with E-state index in [0.717, 1.165) is 4.31 Å². The molecule has 9 heteroatoms. The number of aliphatic carboxylic acids is 1. The van der Waals surface area contributed by atoms with Gasteiger partial charge in [-0.25, -0.2) is 12.7 Å². The molecule has 1 aromatic carbocycles. The normalized spacial score (nSPS) is 12.9. The summed E-state index contributed by atoms with van der Waals surface area (Å²) in [7, 11) is -0.755. The first-order chi connectivity index (χ1) is 10.7. The highest BCUT2D eigenvalue weighted by Crippen LogP contribution is 2.14. The standard InChI is InChI=1S/C14H20N2O5S2/c1-16(2)23(20,21)11-6-4-10(5-7-11)13(17)15-12(14(18)19)8-9-22-3/h4-7,12H,8-9H2,1-3H3,(H,15,17)(H,18,19)/p-1/t12-/m0/s1. The summed E-state index contributed by atoms with van der Waals surface area (Å²) >= 11 is 1.46. The van der Waals surface area contributed by atoms with E-state index >= 15 is 0 Å². The van der Waals surface area contributed by atoms with Crippen molar-refractivity contribution < 1.29 is 23.1 Å². The Morgan fingerprint density at radius 2 is 1.83 bits per heavy atom. The largest absolute Gasteiger partial charge is 0.548 e. The summed E-state index contributed by atoms with van der Waals surface area (Å²) in [5, 5.41) is 13.4. The first-order valence-corrected chi connectivity index (χ1v) is 9.56. The van der Waals surface area contributed by atoms with Gasteiger partial charge >= 0.3 is 0 Å². The molecule has 0 saturated carbocycles. The fraction of sp³-hybridized carbons (Fsp3) is 0.429. The summed E-state index contributed by atoms with van der Waals surface area (Å²) in [6, 6.07) is 4.21. The van der Waals surface area contributed by atoms with Crippen LogP contribution in [0.1, 0.15) is 16.8 Å². The molecule has 0 saturated heterocycles. The molecule has 0 aliphatic rings. The molecule has 0 aromatic heterocycles. The summed E-state index contributed by atoms with van der Waals surface area (Å²) in [4.78, 5) is 23.1. The van der Waals surface area contributed by atoms with E-state index in [1.807, 2.05) is 6.26 Å². The maximum atomic E-state index is 12.0. The monoisotopic (exact) mass is 359 g/mol. The minimum atomic E-state index is -3.57. The van der Waals surface area contributed by atoms with E-state index in [-0.39, 0.29) is 16.9 Å². The summed E-state index contributed by atoms with van der Waals surface area (Å²) in [6.45, 7) is 0. The van der Waals surface area contributed by atoms with Gasteiger partial charge in [0.25, 0.3) is 5.91 Å². The van der Waals surface area contributed by atoms with Gasteiger partial charge in [0.15, 0.2) is 0 Å². The number of hydrogen-bond donors (Lipinski definition) is 1. The molecular formula is C14H19N2O5S2-. The molecule has 1 rings (SSSR count). The molecule has 0 unspecified atom stereocenters. The second-order valence-electron chi connectivity index (χ2n) is 4.94. The zero-order valence-corrected chi connectivity index (χ0v) is 14.7. The van der Waals surface area contributed by atoms with Crippen molar-refractivity contribution in [3.05, 3.63) is 29.8 Å². The Balaban J connectivity index is 2.87. The van der Waals surface area contributed by atoms with Gasteiger partial charge in [0.05, 0.1) is 16.9 Å². The van der Waals surface area contributed by atoms with E-state index in [4.69, 9.17) is 0 Å². The molecule has 0 bridgehead atoms. The number of carbonyl (C=O) groups excluding carboxylic acids is 2. The molecule has 0 heterocycles. The number of rotatable bonds is 8. The molecule has 0 radical (unpaired) electrons. The van der Waals surface area contributed by atoms with E-state index in [2.05, 4.69) is 5.32 Å². The van der Waals surface area contributed by atoms with Crippen LogP contribution >= 0.6 is 11.8 Å². The molecule has 1 N–H and O–H groups in total. The predicted molar refractivity (Wildman–Crippen MR) is 86.6 cm³/mol. The molecule has 0 fully saturated rings. The second-order valence-corrected chi connectivity index (χ2v) is 8.08. The zero-order valence-electron chi connectivity index (χ0n) is 13.1. The number of nitrogens with one attached hydrogen (secondary N) is 1. The third-order valence-corrected chi connectivity index (χ3v) is 5.57.